The largest absolute Gasteiger partial charge is 0.481 e. The van der Waals surface area contributed by atoms with Gasteiger partial charge in [-0.15, -0.1) is 0 Å². The predicted octanol–water partition coefficient (Wildman–Crippen LogP) is 2.42. The summed E-state index contributed by atoms with van der Waals surface area (Å²) in [7, 11) is 0. The molecule has 1 aliphatic carbocycles. The SMILES string of the molecule is O=C(O)C1CCCCC1CNCCC(F)(F)F. The number of carbonyl (C=O) groups is 1. The first-order valence-electron chi connectivity index (χ1n) is 5.90. The molecule has 0 bridgehead atoms. The molecule has 1 fully saturated rings. The van der Waals surface area contributed by atoms with E-state index in [2.05, 4.69) is 5.32 Å². The molecule has 1 aliphatic rings. The quantitative estimate of drug-likeness (QED) is 0.740. The maximum atomic E-state index is 11.9. The number of rotatable bonds is 5. The molecule has 17 heavy (non-hydrogen) atoms. The zero-order chi connectivity index (χ0) is 12.9. The van der Waals surface area contributed by atoms with Gasteiger partial charge in [-0.25, -0.2) is 0 Å². The highest BCUT2D eigenvalue weighted by atomic mass is 19.4. The summed E-state index contributed by atoms with van der Waals surface area (Å²) in [6.07, 6.45) is -1.72. The number of carboxylic acids is 1. The van der Waals surface area contributed by atoms with Crippen molar-refractivity contribution in [2.24, 2.45) is 11.8 Å². The first-order valence-corrected chi connectivity index (χ1v) is 5.90. The molecule has 1 saturated carbocycles. The number of carboxylic acid groups (broad SMARTS) is 1. The van der Waals surface area contributed by atoms with E-state index in [9.17, 15) is 18.0 Å². The molecule has 2 N–H and O–H groups in total. The van der Waals surface area contributed by atoms with Gasteiger partial charge in [-0.05, 0) is 25.3 Å². The average Bonchev–Trinajstić information content (AvgIpc) is 2.23. The van der Waals surface area contributed by atoms with Crippen LogP contribution in [0, 0.1) is 11.8 Å². The fraction of sp³-hybridized carbons (Fsp3) is 0.909. The van der Waals surface area contributed by atoms with E-state index in [1.165, 1.54) is 0 Å². The number of hydrogen-bond donors (Lipinski definition) is 2. The number of alkyl halides is 3. The van der Waals surface area contributed by atoms with Crippen LogP contribution in [-0.2, 0) is 4.79 Å². The van der Waals surface area contributed by atoms with Crippen LogP contribution >= 0.6 is 0 Å². The first kappa shape index (κ1) is 14.3. The summed E-state index contributed by atoms with van der Waals surface area (Å²) in [5, 5.41) is 11.7. The van der Waals surface area contributed by atoms with E-state index in [4.69, 9.17) is 5.11 Å². The Morgan fingerprint density at radius 2 is 1.94 bits per heavy atom. The van der Waals surface area contributed by atoms with Crippen molar-refractivity contribution in [3.63, 3.8) is 0 Å². The van der Waals surface area contributed by atoms with Gasteiger partial charge in [0, 0.05) is 6.54 Å². The zero-order valence-corrected chi connectivity index (χ0v) is 9.59. The Balaban J connectivity index is 2.26. The Kier molecular flexibility index (Phi) is 5.24. The normalized spacial score (nSPS) is 25.8. The minimum atomic E-state index is -4.15. The second-order valence-corrected chi connectivity index (χ2v) is 4.56. The number of halogens is 3. The molecule has 0 aromatic rings. The van der Waals surface area contributed by atoms with Gasteiger partial charge in [-0.2, -0.15) is 13.2 Å². The van der Waals surface area contributed by atoms with Crippen LogP contribution in [0.2, 0.25) is 0 Å². The maximum absolute atomic E-state index is 11.9. The molecule has 0 spiro atoms. The zero-order valence-electron chi connectivity index (χ0n) is 9.59. The number of nitrogens with one attached hydrogen (secondary N) is 1. The van der Waals surface area contributed by atoms with Crippen LogP contribution in [0.3, 0.4) is 0 Å². The molecule has 0 amide bonds. The van der Waals surface area contributed by atoms with Gasteiger partial charge >= 0.3 is 12.1 Å². The van der Waals surface area contributed by atoms with E-state index in [-0.39, 0.29) is 12.5 Å². The highest BCUT2D eigenvalue weighted by Gasteiger charge is 2.31. The van der Waals surface area contributed by atoms with Crippen molar-refractivity contribution >= 4 is 5.97 Å². The molecule has 100 valence electrons. The molecule has 0 aromatic heterocycles. The van der Waals surface area contributed by atoms with Crippen LogP contribution in [0.25, 0.3) is 0 Å². The van der Waals surface area contributed by atoms with E-state index >= 15 is 0 Å². The van der Waals surface area contributed by atoms with E-state index in [1.54, 1.807) is 0 Å². The third-order valence-corrected chi connectivity index (χ3v) is 3.22. The Labute approximate surface area is 98.4 Å². The third kappa shape index (κ3) is 5.39. The van der Waals surface area contributed by atoms with Crippen LogP contribution < -0.4 is 5.32 Å². The van der Waals surface area contributed by atoms with Crippen molar-refractivity contribution in [1.82, 2.24) is 5.32 Å². The third-order valence-electron chi connectivity index (χ3n) is 3.22. The lowest BCUT2D eigenvalue weighted by molar-refractivity contribution is -0.145. The van der Waals surface area contributed by atoms with Crippen LogP contribution in [0.5, 0.6) is 0 Å². The lowest BCUT2D eigenvalue weighted by atomic mass is 9.79. The second-order valence-electron chi connectivity index (χ2n) is 4.56. The van der Waals surface area contributed by atoms with Crippen LogP contribution in [0.4, 0.5) is 13.2 Å². The molecule has 0 saturated heterocycles. The smallest absolute Gasteiger partial charge is 0.390 e. The minimum Gasteiger partial charge on any atom is -0.481 e. The standard InChI is InChI=1S/C11H18F3NO2/c12-11(13,14)5-6-15-7-8-3-1-2-4-9(8)10(16)17/h8-9,15H,1-7H2,(H,16,17). The summed E-state index contributed by atoms with van der Waals surface area (Å²) >= 11 is 0. The Hall–Kier alpha value is -0.780. The summed E-state index contributed by atoms with van der Waals surface area (Å²) in [6, 6.07) is 0. The molecule has 6 heteroatoms. The van der Waals surface area contributed by atoms with Gasteiger partial charge in [0.2, 0.25) is 0 Å². The molecule has 0 radical (unpaired) electrons. The Morgan fingerprint density at radius 1 is 1.29 bits per heavy atom. The van der Waals surface area contributed by atoms with Crippen molar-refractivity contribution in [3.8, 4) is 0 Å². The highest BCUT2D eigenvalue weighted by Crippen LogP contribution is 2.29. The van der Waals surface area contributed by atoms with E-state index in [0.29, 0.717) is 13.0 Å². The lowest BCUT2D eigenvalue weighted by Crippen LogP contribution is -2.35. The van der Waals surface area contributed by atoms with Crippen molar-refractivity contribution in [2.75, 3.05) is 13.1 Å². The van der Waals surface area contributed by atoms with E-state index < -0.39 is 24.5 Å². The van der Waals surface area contributed by atoms with Crippen LogP contribution in [-0.4, -0.2) is 30.3 Å². The summed E-state index contributed by atoms with van der Waals surface area (Å²) in [6.45, 7) is 0.236. The van der Waals surface area contributed by atoms with Gasteiger partial charge in [0.1, 0.15) is 0 Å². The molecular formula is C11H18F3NO2. The molecular weight excluding hydrogens is 235 g/mol. The highest BCUT2D eigenvalue weighted by molar-refractivity contribution is 5.70. The molecule has 0 heterocycles. The molecule has 3 nitrogen and oxygen atoms in total. The van der Waals surface area contributed by atoms with Gasteiger partial charge < -0.3 is 10.4 Å². The molecule has 0 aliphatic heterocycles. The monoisotopic (exact) mass is 253 g/mol. The van der Waals surface area contributed by atoms with Gasteiger partial charge in [-0.1, -0.05) is 12.8 Å². The molecule has 2 unspecified atom stereocenters. The van der Waals surface area contributed by atoms with Gasteiger partial charge in [0.15, 0.2) is 0 Å². The lowest BCUT2D eigenvalue weighted by Gasteiger charge is -2.28. The van der Waals surface area contributed by atoms with Crippen molar-refractivity contribution in [3.05, 3.63) is 0 Å². The topological polar surface area (TPSA) is 49.3 Å². The summed E-state index contributed by atoms with van der Waals surface area (Å²) < 4.78 is 35.7. The van der Waals surface area contributed by atoms with Gasteiger partial charge in [0.25, 0.3) is 0 Å². The fourth-order valence-electron chi connectivity index (χ4n) is 2.29. The van der Waals surface area contributed by atoms with Crippen molar-refractivity contribution in [1.29, 1.82) is 0 Å². The number of hydrogen-bond acceptors (Lipinski definition) is 2. The van der Waals surface area contributed by atoms with Crippen molar-refractivity contribution < 1.29 is 23.1 Å². The summed E-state index contributed by atoms with van der Waals surface area (Å²) in [5.74, 6) is -1.26. The minimum absolute atomic E-state index is 0.0329. The van der Waals surface area contributed by atoms with E-state index in [1.807, 2.05) is 0 Å². The van der Waals surface area contributed by atoms with Gasteiger partial charge in [0.05, 0.1) is 12.3 Å². The summed E-state index contributed by atoms with van der Waals surface area (Å²) in [4.78, 5) is 10.9. The van der Waals surface area contributed by atoms with Crippen LogP contribution in [0.1, 0.15) is 32.1 Å². The van der Waals surface area contributed by atoms with Crippen LogP contribution in [0.15, 0.2) is 0 Å². The second kappa shape index (κ2) is 6.23. The summed E-state index contributed by atoms with van der Waals surface area (Å²) in [5.41, 5.74) is 0. The average molecular weight is 253 g/mol. The maximum Gasteiger partial charge on any atom is 0.390 e. The Bertz CT molecular complexity index is 256. The number of aliphatic carboxylic acids is 1. The molecule has 2 atom stereocenters. The first-order chi connectivity index (χ1) is 7.90. The molecule has 0 aromatic carbocycles. The molecule has 1 rings (SSSR count). The van der Waals surface area contributed by atoms with E-state index in [0.717, 1.165) is 19.3 Å². The predicted molar refractivity (Wildman–Crippen MR) is 56.6 cm³/mol. The van der Waals surface area contributed by atoms with Crippen molar-refractivity contribution in [2.45, 2.75) is 38.3 Å². The van der Waals surface area contributed by atoms with Gasteiger partial charge in [-0.3, -0.25) is 4.79 Å². The Morgan fingerprint density at radius 3 is 2.53 bits per heavy atom. The fourth-order valence-corrected chi connectivity index (χ4v) is 2.29.